The molecule has 0 saturated carbocycles. The van der Waals surface area contributed by atoms with Crippen LogP contribution in [0.15, 0.2) is 54.0 Å². The monoisotopic (exact) mass is 596 g/mol. The Morgan fingerprint density at radius 3 is 2.63 bits per heavy atom. The predicted molar refractivity (Wildman–Crippen MR) is 151 cm³/mol. The Morgan fingerprint density at radius 1 is 1.17 bits per heavy atom. The van der Waals surface area contributed by atoms with Gasteiger partial charge in [0.25, 0.3) is 0 Å². The highest BCUT2D eigenvalue weighted by Crippen LogP contribution is 2.41. The largest absolute Gasteiger partial charge is 0.496 e. The standard InChI is InChI=1S/C30H20ClF3N2O4S/c1-15-9-16-10-18(30(32,33)34)11-17(13-35)25(16)27(39-2)20(15)6-8-40-24-4-3-19(31)12-22(24)21-5-7-36-26-23(29(37)38)14-41-28(21)26/h3-5,7,9-12,14H,6,8H2,1-2H3,(H,37,38). The molecule has 11 heteroatoms. The lowest BCUT2D eigenvalue weighted by atomic mass is 9.93. The summed E-state index contributed by atoms with van der Waals surface area (Å²) in [6, 6.07) is 12.2. The van der Waals surface area contributed by atoms with Crippen LogP contribution >= 0.6 is 22.9 Å². The number of pyridine rings is 1. The first-order valence-corrected chi connectivity index (χ1v) is 13.4. The number of carbonyl (C=O) groups is 1. The van der Waals surface area contributed by atoms with Crippen LogP contribution in [0.3, 0.4) is 0 Å². The Bertz CT molecular complexity index is 1880. The molecule has 0 saturated heterocycles. The number of methoxy groups -OCH3 is 1. The Morgan fingerprint density at radius 2 is 1.95 bits per heavy atom. The number of ether oxygens (including phenoxy) is 2. The number of fused-ring (bicyclic) bond motifs is 2. The number of thiophene rings is 1. The van der Waals surface area contributed by atoms with Crippen molar-refractivity contribution in [2.24, 2.45) is 0 Å². The molecule has 208 valence electrons. The molecule has 2 aromatic heterocycles. The van der Waals surface area contributed by atoms with Gasteiger partial charge in [-0.25, -0.2) is 4.79 Å². The molecule has 2 heterocycles. The molecular weight excluding hydrogens is 577 g/mol. The van der Waals surface area contributed by atoms with Crippen molar-refractivity contribution < 1.29 is 32.5 Å². The number of hydrogen-bond donors (Lipinski definition) is 1. The number of halogens is 4. The minimum atomic E-state index is -4.59. The van der Waals surface area contributed by atoms with Crippen molar-refractivity contribution >= 4 is 49.9 Å². The van der Waals surface area contributed by atoms with Gasteiger partial charge in [0.2, 0.25) is 0 Å². The molecule has 0 amide bonds. The van der Waals surface area contributed by atoms with E-state index in [9.17, 15) is 28.3 Å². The van der Waals surface area contributed by atoms with Crippen molar-refractivity contribution in [3.8, 4) is 28.7 Å². The Balaban J connectivity index is 1.51. The molecule has 0 aliphatic rings. The zero-order chi connectivity index (χ0) is 29.5. The van der Waals surface area contributed by atoms with Crippen LogP contribution in [-0.4, -0.2) is 29.8 Å². The zero-order valence-electron chi connectivity index (χ0n) is 21.6. The summed E-state index contributed by atoms with van der Waals surface area (Å²) < 4.78 is 52.8. The van der Waals surface area contributed by atoms with Gasteiger partial charge >= 0.3 is 12.1 Å². The number of rotatable bonds is 7. The molecule has 0 atom stereocenters. The fourth-order valence-electron chi connectivity index (χ4n) is 4.87. The van der Waals surface area contributed by atoms with Gasteiger partial charge in [-0.1, -0.05) is 17.7 Å². The summed E-state index contributed by atoms with van der Waals surface area (Å²) in [6.07, 6.45) is -2.74. The lowest BCUT2D eigenvalue weighted by Crippen LogP contribution is -2.08. The zero-order valence-corrected chi connectivity index (χ0v) is 23.2. The van der Waals surface area contributed by atoms with Crippen molar-refractivity contribution in [1.82, 2.24) is 4.98 Å². The molecule has 0 unspecified atom stereocenters. The van der Waals surface area contributed by atoms with Gasteiger partial charge in [-0.3, -0.25) is 4.98 Å². The number of aromatic carboxylic acids is 1. The number of carboxylic acid groups (broad SMARTS) is 1. The van der Waals surface area contributed by atoms with E-state index in [1.807, 2.05) is 6.07 Å². The predicted octanol–water partition coefficient (Wildman–Crippen LogP) is 8.30. The van der Waals surface area contributed by atoms with Gasteiger partial charge in [0.15, 0.2) is 0 Å². The third-order valence-corrected chi connectivity index (χ3v) is 7.93. The second-order valence-electron chi connectivity index (χ2n) is 9.17. The molecular formula is C30H20ClF3N2O4S. The molecule has 0 radical (unpaired) electrons. The van der Waals surface area contributed by atoms with Crippen molar-refractivity contribution in [2.45, 2.75) is 19.5 Å². The van der Waals surface area contributed by atoms with Gasteiger partial charge in [0, 0.05) is 45.1 Å². The van der Waals surface area contributed by atoms with Crippen LogP contribution in [0.25, 0.3) is 32.1 Å². The van der Waals surface area contributed by atoms with E-state index in [-0.39, 0.29) is 23.1 Å². The maximum atomic E-state index is 13.4. The summed E-state index contributed by atoms with van der Waals surface area (Å²) in [5.41, 5.74) is 2.18. The summed E-state index contributed by atoms with van der Waals surface area (Å²) in [4.78, 5) is 15.9. The Hall–Kier alpha value is -4.33. The maximum absolute atomic E-state index is 13.4. The van der Waals surface area contributed by atoms with Crippen LogP contribution in [0.1, 0.15) is 32.6 Å². The van der Waals surface area contributed by atoms with Crippen LogP contribution in [0, 0.1) is 18.3 Å². The summed E-state index contributed by atoms with van der Waals surface area (Å²) >= 11 is 7.57. The fraction of sp³-hybridized carbons (Fsp3) is 0.167. The van der Waals surface area contributed by atoms with Gasteiger partial charge in [-0.15, -0.1) is 11.3 Å². The molecule has 0 aliphatic carbocycles. The third kappa shape index (κ3) is 5.26. The number of hydrogen-bond acceptors (Lipinski definition) is 6. The van der Waals surface area contributed by atoms with Gasteiger partial charge in [0.05, 0.1) is 46.7 Å². The summed E-state index contributed by atoms with van der Waals surface area (Å²) in [6.45, 7) is 1.93. The van der Waals surface area contributed by atoms with E-state index in [0.717, 1.165) is 12.1 Å². The van der Waals surface area contributed by atoms with E-state index in [1.165, 1.54) is 30.0 Å². The van der Waals surface area contributed by atoms with Gasteiger partial charge in [0.1, 0.15) is 11.5 Å². The quantitative estimate of drug-likeness (QED) is 0.203. The topological polar surface area (TPSA) is 92.4 Å². The maximum Gasteiger partial charge on any atom is 0.416 e. The number of aromatic nitrogens is 1. The molecule has 41 heavy (non-hydrogen) atoms. The Labute approximate surface area is 241 Å². The SMILES string of the molecule is COc1c(CCOc2ccc(Cl)cc2-c2ccnc3c(C(=O)O)csc23)c(C)cc2cc(C(F)(F)F)cc(C#N)c12. The Kier molecular flexibility index (Phi) is 7.51. The average molecular weight is 597 g/mol. The number of aryl methyl sites for hydroxylation is 1. The molecule has 0 fully saturated rings. The highest BCUT2D eigenvalue weighted by molar-refractivity contribution is 7.18. The van der Waals surface area contributed by atoms with Crippen molar-refractivity contribution in [3.05, 3.63) is 86.9 Å². The minimum Gasteiger partial charge on any atom is -0.496 e. The highest BCUT2D eigenvalue weighted by Gasteiger charge is 2.32. The van der Waals surface area contributed by atoms with Crippen LogP contribution in [0.2, 0.25) is 5.02 Å². The number of nitrogens with zero attached hydrogens (tertiary/aromatic N) is 2. The molecule has 3 aromatic carbocycles. The first-order chi connectivity index (χ1) is 19.5. The second-order valence-corrected chi connectivity index (χ2v) is 10.5. The van der Waals surface area contributed by atoms with E-state index in [0.29, 0.717) is 60.8 Å². The van der Waals surface area contributed by atoms with Gasteiger partial charge in [-0.05, 0) is 54.3 Å². The number of alkyl halides is 3. The van der Waals surface area contributed by atoms with Gasteiger partial charge in [-0.2, -0.15) is 18.4 Å². The molecule has 0 bridgehead atoms. The van der Waals surface area contributed by atoms with Crippen LogP contribution < -0.4 is 9.47 Å². The van der Waals surface area contributed by atoms with Crippen LogP contribution in [0.5, 0.6) is 11.5 Å². The molecule has 0 aliphatic heterocycles. The van der Waals surface area contributed by atoms with Crippen molar-refractivity contribution in [1.29, 1.82) is 5.26 Å². The minimum absolute atomic E-state index is 0.106. The molecule has 6 nitrogen and oxygen atoms in total. The van der Waals surface area contributed by atoms with Crippen LogP contribution in [-0.2, 0) is 12.6 Å². The van der Waals surface area contributed by atoms with E-state index >= 15 is 0 Å². The summed E-state index contributed by atoms with van der Waals surface area (Å²) in [5.74, 6) is -0.254. The van der Waals surface area contributed by atoms with Crippen LogP contribution in [0.4, 0.5) is 13.2 Å². The third-order valence-electron chi connectivity index (χ3n) is 6.70. The van der Waals surface area contributed by atoms with Crippen molar-refractivity contribution in [2.75, 3.05) is 13.7 Å². The average Bonchev–Trinajstić information content (AvgIpc) is 3.37. The van der Waals surface area contributed by atoms with E-state index in [2.05, 4.69) is 4.98 Å². The van der Waals surface area contributed by atoms with Crippen molar-refractivity contribution in [3.63, 3.8) is 0 Å². The van der Waals surface area contributed by atoms with E-state index < -0.39 is 17.7 Å². The van der Waals surface area contributed by atoms with E-state index in [4.69, 9.17) is 21.1 Å². The molecule has 1 N–H and O–H groups in total. The number of benzene rings is 3. The normalized spacial score (nSPS) is 11.5. The van der Waals surface area contributed by atoms with Gasteiger partial charge < -0.3 is 14.6 Å². The molecule has 5 rings (SSSR count). The lowest BCUT2D eigenvalue weighted by molar-refractivity contribution is -0.137. The number of carboxylic acids is 1. The fourth-order valence-corrected chi connectivity index (χ4v) is 6.07. The summed E-state index contributed by atoms with van der Waals surface area (Å²) in [5, 5.41) is 21.7. The second kappa shape index (κ2) is 10.9. The van der Waals surface area contributed by atoms with E-state index in [1.54, 1.807) is 37.3 Å². The summed E-state index contributed by atoms with van der Waals surface area (Å²) in [7, 11) is 1.41. The highest BCUT2D eigenvalue weighted by atomic mass is 35.5. The lowest BCUT2D eigenvalue weighted by Gasteiger charge is -2.18. The smallest absolute Gasteiger partial charge is 0.416 e. The first-order valence-electron chi connectivity index (χ1n) is 12.2. The number of nitriles is 1. The first kappa shape index (κ1) is 28.2. The molecule has 0 spiro atoms. The molecule has 5 aromatic rings.